The molecule has 0 N–H and O–H groups in total. The third kappa shape index (κ3) is 4.65. The van der Waals surface area contributed by atoms with Crippen molar-refractivity contribution in [3.8, 4) is 16.3 Å². The van der Waals surface area contributed by atoms with E-state index in [4.69, 9.17) is 4.74 Å². The average Bonchev–Trinajstić information content (AvgIpc) is 3.29. The van der Waals surface area contributed by atoms with Gasteiger partial charge < -0.3 is 9.64 Å². The maximum atomic E-state index is 14.7. The average molecular weight is 454 g/mol. The Morgan fingerprint density at radius 1 is 1.00 bits per heavy atom. The van der Waals surface area contributed by atoms with Gasteiger partial charge in [-0.15, -0.1) is 11.3 Å². The van der Waals surface area contributed by atoms with E-state index < -0.39 is 17.5 Å². The molecule has 0 saturated carbocycles. The summed E-state index contributed by atoms with van der Waals surface area (Å²) in [4.78, 5) is 18.5. The van der Waals surface area contributed by atoms with E-state index in [0.29, 0.717) is 5.01 Å². The summed E-state index contributed by atoms with van der Waals surface area (Å²) < 4.78 is 47.1. The number of anilines is 1. The smallest absolute Gasteiger partial charge is 0.277 e. The van der Waals surface area contributed by atoms with Crippen molar-refractivity contribution in [2.24, 2.45) is 0 Å². The van der Waals surface area contributed by atoms with Crippen molar-refractivity contribution >= 4 is 22.9 Å². The van der Waals surface area contributed by atoms with Gasteiger partial charge in [0, 0.05) is 35.3 Å². The van der Waals surface area contributed by atoms with Crippen molar-refractivity contribution < 1.29 is 22.7 Å². The van der Waals surface area contributed by atoms with Crippen molar-refractivity contribution in [3.05, 3.63) is 101 Å². The second-order valence-corrected chi connectivity index (χ2v) is 7.76. The summed E-state index contributed by atoms with van der Waals surface area (Å²) in [6.45, 7) is -0.246. The molecule has 0 bridgehead atoms. The minimum Gasteiger partial charge on any atom is -0.489 e. The number of rotatable bonds is 6. The lowest BCUT2D eigenvalue weighted by Gasteiger charge is -2.15. The Morgan fingerprint density at radius 2 is 1.78 bits per heavy atom. The first-order valence-electron chi connectivity index (χ1n) is 9.57. The maximum absolute atomic E-state index is 14.7. The molecule has 0 fully saturated rings. The van der Waals surface area contributed by atoms with Gasteiger partial charge in [0.1, 0.15) is 40.5 Å². The number of carbonyl (C=O) groups excluding carboxylic acids is 1. The molecule has 162 valence electrons. The lowest BCUT2D eigenvalue weighted by molar-refractivity contribution is 0.0989. The summed E-state index contributed by atoms with van der Waals surface area (Å²) in [5.41, 5.74) is 1.16. The van der Waals surface area contributed by atoms with Crippen LogP contribution in [0.15, 0.2) is 72.1 Å². The third-order valence-corrected chi connectivity index (χ3v) is 5.62. The number of ether oxygens (including phenoxy) is 1. The number of nitrogens with zero attached hydrogens (tertiary/aromatic N) is 2. The third-order valence-electron chi connectivity index (χ3n) is 4.74. The van der Waals surface area contributed by atoms with Gasteiger partial charge in [0.05, 0.1) is 0 Å². The summed E-state index contributed by atoms with van der Waals surface area (Å²) in [7, 11) is 1.64. The van der Waals surface area contributed by atoms with Crippen LogP contribution in [-0.2, 0) is 6.61 Å². The monoisotopic (exact) mass is 454 g/mol. The lowest BCUT2D eigenvalue weighted by Crippen LogP contribution is -2.26. The molecule has 0 radical (unpaired) electrons. The second-order valence-electron chi connectivity index (χ2n) is 6.90. The first kappa shape index (κ1) is 21.6. The second kappa shape index (κ2) is 9.23. The van der Waals surface area contributed by atoms with Crippen LogP contribution in [0.25, 0.3) is 10.6 Å². The maximum Gasteiger partial charge on any atom is 0.277 e. The van der Waals surface area contributed by atoms with E-state index in [1.165, 1.54) is 17.0 Å². The number of hydrogen-bond acceptors (Lipinski definition) is 4. The van der Waals surface area contributed by atoms with Crippen LogP contribution in [0.4, 0.5) is 18.9 Å². The Kier molecular flexibility index (Phi) is 6.23. The van der Waals surface area contributed by atoms with Crippen LogP contribution in [0.1, 0.15) is 16.1 Å². The van der Waals surface area contributed by atoms with Crippen molar-refractivity contribution in [2.75, 3.05) is 11.9 Å². The molecule has 0 saturated heterocycles. The van der Waals surface area contributed by atoms with Gasteiger partial charge in [0.2, 0.25) is 0 Å². The molecule has 3 aromatic carbocycles. The van der Waals surface area contributed by atoms with Crippen molar-refractivity contribution in [1.29, 1.82) is 0 Å². The molecule has 0 aliphatic rings. The molecule has 0 unspecified atom stereocenters. The first-order valence-corrected chi connectivity index (χ1v) is 10.5. The van der Waals surface area contributed by atoms with E-state index in [-0.39, 0.29) is 35.1 Å². The molecule has 0 aliphatic heterocycles. The SMILES string of the molecule is CN(C(=O)c1csc(-c2ccc(OCc3cc(F)ccc3F)cc2F)n1)c1ccccc1. The van der Waals surface area contributed by atoms with E-state index in [1.54, 1.807) is 24.6 Å². The Morgan fingerprint density at radius 3 is 2.53 bits per heavy atom. The number of halogens is 3. The van der Waals surface area contributed by atoms with Crippen LogP contribution in [0.5, 0.6) is 5.75 Å². The van der Waals surface area contributed by atoms with Gasteiger partial charge in [-0.25, -0.2) is 18.2 Å². The zero-order chi connectivity index (χ0) is 22.7. The molecule has 32 heavy (non-hydrogen) atoms. The highest BCUT2D eigenvalue weighted by atomic mass is 32.1. The van der Waals surface area contributed by atoms with Gasteiger partial charge in [-0.3, -0.25) is 4.79 Å². The summed E-state index contributed by atoms with van der Waals surface area (Å²) >= 11 is 1.15. The molecule has 0 atom stereocenters. The normalized spacial score (nSPS) is 10.8. The van der Waals surface area contributed by atoms with E-state index in [2.05, 4.69) is 4.98 Å². The molecule has 1 aromatic heterocycles. The fourth-order valence-corrected chi connectivity index (χ4v) is 3.83. The number of carbonyl (C=O) groups is 1. The Hall–Kier alpha value is -3.65. The Balaban J connectivity index is 1.48. The van der Waals surface area contributed by atoms with Crippen LogP contribution in [0, 0.1) is 17.5 Å². The van der Waals surface area contributed by atoms with Crippen LogP contribution >= 0.6 is 11.3 Å². The summed E-state index contributed by atoms with van der Waals surface area (Å²) in [5, 5.41) is 1.92. The van der Waals surface area contributed by atoms with E-state index >= 15 is 0 Å². The molecule has 0 aliphatic carbocycles. The molecule has 1 amide bonds. The Bertz CT molecular complexity index is 1260. The van der Waals surface area contributed by atoms with E-state index in [9.17, 15) is 18.0 Å². The first-order chi connectivity index (χ1) is 15.4. The standard InChI is InChI=1S/C24H17F3N2O2S/c1-29(17-5-3-2-4-6-17)24(30)22-14-32-23(28-22)19-9-8-18(12-21(19)27)31-13-15-11-16(25)7-10-20(15)26/h2-12,14H,13H2,1H3. The molecule has 4 nitrogen and oxygen atoms in total. The summed E-state index contributed by atoms with van der Waals surface area (Å²) in [6, 6.07) is 16.3. The summed E-state index contributed by atoms with van der Waals surface area (Å²) in [5.74, 6) is -1.95. The van der Waals surface area contributed by atoms with Gasteiger partial charge in [0.25, 0.3) is 5.91 Å². The van der Waals surface area contributed by atoms with Gasteiger partial charge in [-0.05, 0) is 42.5 Å². The van der Waals surface area contributed by atoms with Crippen LogP contribution in [0.2, 0.25) is 0 Å². The van der Waals surface area contributed by atoms with E-state index in [0.717, 1.165) is 41.3 Å². The molecule has 4 aromatic rings. The van der Waals surface area contributed by atoms with Crippen molar-refractivity contribution in [1.82, 2.24) is 4.98 Å². The molecular formula is C24H17F3N2O2S. The number of hydrogen-bond donors (Lipinski definition) is 0. The molecule has 8 heteroatoms. The zero-order valence-electron chi connectivity index (χ0n) is 16.9. The highest BCUT2D eigenvalue weighted by Crippen LogP contribution is 2.30. The predicted molar refractivity (Wildman–Crippen MR) is 117 cm³/mol. The highest BCUT2D eigenvalue weighted by Gasteiger charge is 2.19. The fourth-order valence-electron chi connectivity index (χ4n) is 3.01. The molecule has 0 spiro atoms. The van der Waals surface area contributed by atoms with Gasteiger partial charge in [-0.2, -0.15) is 0 Å². The topological polar surface area (TPSA) is 42.4 Å². The zero-order valence-corrected chi connectivity index (χ0v) is 17.7. The lowest BCUT2D eigenvalue weighted by atomic mass is 10.2. The van der Waals surface area contributed by atoms with Gasteiger partial charge >= 0.3 is 0 Å². The van der Waals surface area contributed by atoms with Crippen LogP contribution in [-0.4, -0.2) is 17.9 Å². The largest absolute Gasteiger partial charge is 0.489 e. The molecular weight excluding hydrogens is 437 g/mol. The van der Waals surface area contributed by atoms with E-state index in [1.807, 2.05) is 18.2 Å². The number of benzene rings is 3. The number of thiazole rings is 1. The van der Waals surface area contributed by atoms with Crippen molar-refractivity contribution in [2.45, 2.75) is 6.61 Å². The van der Waals surface area contributed by atoms with Crippen LogP contribution < -0.4 is 9.64 Å². The minimum absolute atomic E-state index is 0.0279. The number of amides is 1. The minimum atomic E-state index is -0.607. The summed E-state index contributed by atoms with van der Waals surface area (Å²) in [6.07, 6.45) is 0. The fraction of sp³-hybridized carbons (Fsp3) is 0.0833. The van der Waals surface area contributed by atoms with Crippen LogP contribution in [0.3, 0.4) is 0 Å². The highest BCUT2D eigenvalue weighted by molar-refractivity contribution is 7.13. The molecule has 4 rings (SSSR count). The number of para-hydroxylation sites is 1. The Labute approximate surface area is 186 Å². The number of aromatic nitrogens is 1. The quantitative estimate of drug-likeness (QED) is 0.354. The molecule has 1 heterocycles. The van der Waals surface area contributed by atoms with Crippen molar-refractivity contribution in [3.63, 3.8) is 0 Å². The van der Waals surface area contributed by atoms with Gasteiger partial charge in [0.15, 0.2) is 0 Å². The predicted octanol–water partition coefficient (Wildman–Crippen LogP) is 6.08. The van der Waals surface area contributed by atoms with Gasteiger partial charge in [-0.1, -0.05) is 18.2 Å².